The maximum Gasteiger partial charge on any atom is 0.345 e. The molecule has 2 aromatic rings. The molecule has 2 rings (SSSR count). The Hall–Kier alpha value is -2.13. The molecule has 0 radical (unpaired) electrons. The molecule has 0 saturated carbocycles. The molecule has 0 aliphatic carbocycles. The highest BCUT2D eigenvalue weighted by Gasteiger charge is 2.12. The smallest absolute Gasteiger partial charge is 0.345 e. The standard InChI is InChI=1S/C14H9ClO3/c15-11-7-5-4-6-10(11)14(17)18-13-9-3-1-2-8-12(13)16/h1-9H. The van der Waals surface area contributed by atoms with Crippen LogP contribution < -0.4 is 10.2 Å². The topological polar surface area (TPSA) is 43.4 Å². The van der Waals surface area contributed by atoms with Gasteiger partial charge in [-0.15, -0.1) is 0 Å². The summed E-state index contributed by atoms with van der Waals surface area (Å²) < 4.78 is 5.04. The SMILES string of the molecule is O=C(Oc1cccccc1=O)c1ccccc1Cl. The van der Waals surface area contributed by atoms with Crippen molar-refractivity contribution in [2.45, 2.75) is 0 Å². The minimum Gasteiger partial charge on any atom is -0.419 e. The second-order valence-electron chi connectivity index (χ2n) is 3.51. The number of halogens is 1. The van der Waals surface area contributed by atoms with E-state index in [1.807, 2.05) is 0 Å². The van der Waals surface area contributed by atoms with E-state index < -0.39 is 5.97 Å². The third kappa shape index (κ3) is 2.76. The average molecular weight is 261 g/mol. The minimum atomic E-state index is -0.649. The summed E-state index contributed by atoms with van der Waals surface area (Å²) in [6.45, 7) is 0. The van der Waals surface area contributed by atoms with Crippen LogP contribution in [0.3, 0.4) is 0 Å². The highest BCUT2D eigenvalue weighted by molar-refractivity contribution is 6.33. The van der Waals surface area contributed by atoms with Gasteiger partial charge < -0.3 is 4.74 Å². The van der Waals surface area contributed by atoms with E-state index in [1.54, 1.807) is 36.4 Å². The first-order valence-corrected chi connectivity index (χ1v) is 5.62. The molecule has 0 heterocycles. The van der Waals surface area contributed by atoms with Crippen molar-refractivity contribution in [3.8, 4) is 5.75 Å². The Labute approximate surface area is 109 Å². The molecule has 0 aromatic heterocycles. The van der Waals surface area contributed by atoms with Crippen LogP contribution in [0.25, 0.3) is 0 Å². The summed E-state index contributed by atoms with van der Waals surface area (Å²) in [5.41, 5.74) is -0.134. The van der Waals surface area contributed by atoms with Gasteiger partial charge in [-0.25, -0.2) is 4.79 Å². The van der Waals surface area contributed by atoms with E-state index in [9.17, 15) is 9.59 Å². The van der Waals surface area contributed by atoms with Crippen molar-refractivity contribution in [1.82, 2.24) is 0 Å². The number of carbonyl (C=O) groups is 1. The molecular weight excluding hydrogens is 252 g/mol. The second kappa shape index (κ2) is 5.47. The summed E-state index contributed by atoms with van der Waals surface area (Å²) in [4.78, 5) is 23.4. The predicted octanol–water partition coefficient (Wildman–Crippen LogP) is 2.92. The van der Waals surface area contributed by atoms with Gasteiger partial charge in [0.1, 0.15) is 0 Å². The van der Waals surface area contributed by atoms with Gasteiger partial charge in [0.05, 0.1) is 10.6 Å². The van der Waals surface area contributed by atoms with E-state index in [0.29, 0.717) is 0 Å². The Kier molecular flexibility index (Phi) is 3.75. The normalized spacial score (nSPS) is 9.83. The van der Waals surface area contributed by atoms with Gasteiger partial charge in [-0.05, 0) is 24.3 Å². The quantitative estimate of drug-likeness (QED) is 0.780. The Morgan fingerprint density at radius 3 is 2.39 bits per heavy atom. The zero-order valence-electron chi connectivity index (χ0n) is 9.30. The molecule has 4 heteroatoms. The largest absolute Gasteiger partial charge is 0.419 e. The van der Waals surface area contributed by atoms with E-state index in [1.165, 1.54) is 18.2 Å². The monoisotopic (exact) mass is 260 g/mol. The molecule has 0 spiro atoms. The van der Waals surface area contributed by atoms with Crippen molar-refractivity contribution in [3.05, 3.63) is 75.4 Å². The molecule has 0 unspecified atom stereocenters. The molecule has 0 aliphatic heterocycles. The van der Waals surface area contributed by atoms with Crippen molar-refractivity contribution >= 4 is 17.6 Å². The second-order valence-corrected chi connectivity index (χ2v) is 3.92. The van der Waals surface area contributed by atoms with Gasteiger partial charge in [0.15, 0.2) is 5.75 Å². The molecule has 0 N–H and O–H groups in total. The van der Waals surface area contributed by atoms with Gasteiger partial charge in [-0.1, -0.05) is 41.9 Å². The van der Waals surface area contributed by atoms with Gasteiger partial charge in [-0.3, -0.25) is 4.79 Å². The Morgan fingerprint density at radius 1 is 0.944 bits per heavy atom. The van der Waals surface area contributed by atoms with E-state index in [4.69, 9.17) is 16.3 Å². The van der Waals surface area contributed by atoms with E-state index >= 15 is 0 Å². The zero-order valence-corrected chi connectivity index (χ0v) is 10.1. The van der Waals surface area contributed by atoms with Crippen LogP contribution in [0.4, 0.5) is 0 Å². The van der Waals surface area contributed by atoms with Crippen molar-refractivity contribution < 1.29 is 9.53 Å². The van der Waals surface area contributed by atoms with Gasteiger partial charge in [0.2, 0.25) is 5.43 Å². The Morgan fingerprint density at radius 2 is 1.61 bits per heavy atom. The summed E-state index contributed by atoms with van der Waals surface area (Å²) in [5.74, 6) is -0.672. The van der Waals surface area contributed by atoms with E-state index in [0.717, 1.165) is 0 Å². The van der Waals surface area contributed by atoms with Crippen LogP contribution in [0.1, 0.15) is 10.4 Å². The average Bonchev–Trinajstić information content (AvgIpc) is 2.55. The molecule has 0 bridgehead atoms. The Bertz CT molecular complexity index is 638. The lowest BCUT2D eigenvalue weighted by Gasteiger charge is -2.03. The fourth-order valence-electron chi connectivity index (χ4n) is 1.38. The first-order chi connectivity index (χ1) is 8.68. The number of rotatable bonds is 2. The third-order valence-electron chi connectivity index (χ3n) is 2.26. The van der Waals surface area contributed by atoms with Crippen molar-refractivity contribution in [1.29, 1.82) is 0 Å². The van der Waals surface area contributed by atoms with Crippen LogP contribution >= 0.6 is 11.6 Å². The van der Waals surface area contributed by atoms with Crippen LogP contribution in [0.2, 0.25) is 5.02 Å². The first-order valence-electron chi connectivity index (χ1n) is 5.24. The summed E-state index contributed by atoms with van der Waals surface area (Å²) in [6.07, 6.45) is 0. The first kappa shape index (κ1) is 12.3. The highest BCUT2D eigenvalue weighted by Crippen LogP contribution is 2.16. The molecule has 0 saturated heterocycles. The molecular formula is C14H9ClO3. The lowest BCUT2D eigenvalue weighted by Crippen LogP contribution is -2.13. The molecule has 3 nitrogen and oxygen atoms in total. The van der Waals surface area contributed by atoms with E-state index in [-0.39, 0.29) is 21.8 Å². The van der Waals surface area contributed by atoms with Crippen molar-refractivity contribution in [3.63, 3.8) is 0 Å². The molecule has 0 amide bonds. The maximum absolute atomic E-state index is 11.8. The van der Waals surface area contributed by atoms with Gasteiger partial charge in [0, 0.05) is 0 Å². The molecule has 0 atom stereocenters. The van der Waals surface area contributed by atoms with Crippen molar-refractivity contribution in [2.75, 3.05) is 0 Å². The fraction of sp³-hybridized carbons (Fsp3) is 0. The molecule has 90 valence electrons. The molecule has 0 fully saturated rings. The van der Waals surface area contributed by atoms with Crippen LogP contribution in [0.5, 0.6) is 5.75 Å². The van der Waals surface area contributed by atoms with Crippen LogP contribution in [0.15, 0.2) is 59.4 Å². The minimum absolute atomic E-state index is 0.0232. The van der Waals surface area contributed by atoms with Crippen LogP contribution in [0, 0.1) is 0 Å². The van der Waals surface area contributed by atoms with Gasteiger partial charge in [-0.2, -0.15) is 0 Å². The fourth-order valence-corrected chi connectivity index (χ4v) is 1.59. The summed E-state index contributed by atoms with van der Waals surface area (Å²) in [6, 6.07) is 14.2. The summed E-state index contributed by atoms with van der Waals surface area (Å²) >= 11 is 5.87. The number of esters is 1. The predicted molar refractivity (Wildman–Crippen MR) is 69.1 cm³/mol. The number of hydrogen-bond acceptors (Lipinski definition) is 3. The summed E-state index contributed by atoms with van der Waals surface area (Å²) in [5, 5.41) is 0.287. The molecule has 0 aliphatic rings. The lowest BCUT2D eigenvalue weighted by atomic mass is 10.2. The van der Waals surface area contributed by atoms with Gasteiger partial charge in [0.25, 0.3) is 0 Å². The highest BCUT2D eigenvalue weighted by atomic mass is 35.5. The summed E-state index contributed by atoms with van der Waals surface area (Å²) in [7, 11) is 0. The van der Waals surface area contributed by atoms with Gasteiger partial charge >= 0.3 is 5.97 Å². The van der Waals surface area contributed by atoms with Crippen LogP contribution in [-0.4, -0.2) is 5.97 Å². The number of carbonyl (C=O) groups excluding carboxylic acids is 1. The Balaban J connectivity index is 2.31. The zero-order chi connectivity index (χ0) is 13.0. The molecule has 18 heavy (non-hydrogen) atoms. The maximum atomic E-state index is 11.8. The van der Waals surface area contributed by atoms with E-state index in [2.05, 4.69) is 0 Å². The number of ether oxygens (including phenoxy) is 1. The van der Waals surface area contributed by atoms with Crippen molar-refractivity contribution in [2.24, 2.45) is 0 Å². The number of hydrogen-bond donors (Lipinski definition) is 0. The third-order valence-corrected chi connectivity index (χ3v) is 2.59. The lowest BCUT2D eigenvalue weighted by molar-refractivity contribution is 0.0733. The number of benzene rings is 1. The van der Waals surface area contributed by atoms with Crippen LogP contribution in [-0.2, 0) is 0 Å². The molecule has 2 aromatic carbocycles.